The molecule has 2 amide bonds. The predicted octanol–water partition coefficient (Wildman–Crippen LogP) is 7.84. The van der Waals surface area contributed by atoms with Crippen LogP contribution in [-0.4, -0.2) is 135 Å². The predicted molar refractivity (Wildman–Crippen MR) is 268 cm³/mol. The third-order valence-corrected chi connectivity index (χ3v) is 12.8. The molecule has 4 aliphatic heterocycles. The molecule has 2 atom stereocenters. The Hall–Kier alpha value is -7.10. The van der Waals surface area contributed by atoms with E-state index in [0.717, 1.165) is 96.6 Å². The number of nitrogens with zero attached hydrogens (tertiary/aromatic N) is 10. The molecule has 72 heavy (non-hydrogen) atoms. The van der Waals surface area contributed by atoms with E-state index in [4.69, 9.17) is 29.4 Å². The Morgan fingerprint density at radius 2 is 1.18 bits per heavy atom. The van der Waals surface area contributed by atoms with Crippen LogP contribution in [0.2, 0.25) is 0 Å². The van der Waals surface area contributed by atoms with Gasteiger partial charge in [-0.15, -0.1) is 0 Å². The molecule has 0 saturated carbocycles. The summed E-state index contributed by atoms with van der Waals surface area (Å²) in [5.41, 5.74) is 8.01. The Labute approximate surface area is 418 Å². The number of Topliss-reactive ketones (excluding diaryl/α,β-unsaturated/α-hetero) is 1. The fourth-order valence-electron chi connectivity index (χ4n) is 9.59. The van der Waals surface area contributed by atoms with E-state index in [1.165, 1.54) is 6.33 Å². The molecular formula is C50H69N13O9. The first kappa shape index (κ1) is 52.7. The zero-order chi connectivity index (χ0) is 50.5. The average Bonchev–Trinajstić information content (AvgIpc) is 4.19. The SMILES string of the molecule is C.CC(C)(C)OC(=O)N1CCCC1CCCC(=O)c1noc2c1CN(c1ncnc3[nH]ccc13)CC2.CC(C)(C)OC(=O)N1CCCC1CCN.O=C(O)c1noc2c1CN(c1ncnc3[nH]ccc13)CC2. The van der Waals surface area contributed by atoms with Crippen molar-refractivity contribution >= 4 is 57.6 Å². The van der Waals surface area contributed by atoms with E-state index in [0.29, 0.717) is 75.4 Å². The molecule has 10 heterocycles. The molecule has 0 aromatic carbocycles. The maximum atomic E-state index is 13.1. The quantitative estimate of drug-likeness (QED) is 0.0951. The number of aromatic amines is 2. The van der Waals surface area contributed by atoms with Crippen molar-refractivity contribution in [3.8, 4) is 0 Å². The number of H-pyrrole nitrogens is 2. The average molecular weight is 996 g/mol. The first-order valence-corrected chi connectivity index (χ1v) is 24.4. The summed E-state index contributed by atoms with van der Waals surface area (Å²) in [5, 5.41) is 18.8. The van der Waals surface area contributed by atoms with Crippen molar-refractivity contribution in [2.24, 2.45) is 5.73 Å². The van der Waals surface area contributed by atoms with Gasteiger partial charge < -0.3 is 58.9 Å². The molecule has 2 saturated heterocycles. The van der Waals surface area contributed by atoms with Gasteiger partial charge in [0.15, 0.2) is 17.2 Å². The lowest BCUT2D eigenvalue weighted by atomic mass is 10.00. The van der Waals surface area contributed by atoms with Gasteiger partial charge >= 0.3 is 18.2 Å². The number of ketones is 1. The van der Waals surface area contributed by atoms with Gasteiger partial charge in [0.25, 0.3) is 0 Å². The highest BCUT2D eigenvalue weighted by atomic mass is 16.6. The van der Waals surface area contributed by atoms with Crippen molar-refractivity contribution in [3.63, 3.8) is 0 Å². The van der Waals surface area contributed by atoms with Gasteiger partial charge in [0, 0.05) is 81.0 Å². The van der Waals surface area contributed by atoms with Crippen LogP contribution in [0.1, 0.15) is 144 Å². The zero-order valence-corrected chi connectivity index (χ0v) is 41.4. The number of amides is 2. The van der Waals surface area contributed by atoms with E-state index in [-0.39, 0.29) is 43.2 Å². The monoisotopic (exact) mass is 996 g/mol. The highest BCUT2D eigenvalue weighted by molar-refractivity contribution is 5.96. The second-order valence-electron chi connectivity index (χ2n) is 20.2. The van der Waals surface area contributed by atoms with E-state index in [2.05, 4.69) is 45.1 Å². The number of hydrogen-bond donors (Lipinski definition) is 4. The third-order valence-electron chi connectivity index (χ3n) is 12.8. The number of likely N-dealkylation sites (tertiary alicyclic amines) is 2. The number of carboxylic acid groups (broad SMARTS) is 1. The van der Waals surface area contributed by atoms with Crippen molar-refractivity contribution in [2.75, 3.05) is 42.5 Å². The first-order chi connectivity index (χ1) is 34.0. The number of hydrogen-bond acceptors (Lipinski definition) is 17. The highest BCUT2D eigenvalue weighted by Crippen LogP contribution is 2.32. The van der Waals surface area contributed by atoms with Gasteiger partial charge in [0.05, 0.1) is 23.9 Å². The summed E-state index contributed by atoms with van der Waals surface area (Å²) in [6.07, 6.45) is 14.2. The summed E-state index contributed by atoms with van der Waals surface area (Å²) in [6.45, 7) is 15.8. The number of rotatable bonds is 10. The van der Waals surface area contributed by atoms with Gasteiger partial charge in [-0.1, -0.05) is 17.7 Å². The lowest BCUT2D eigenvalue weighted by molar-refractivity contribution is 0.0209. The zero-order valence-electron chi connectivity index (χ0n) is 41.4. The Morgan fingerprint density at radius 1 is 0.708 bits per heavy atom. The molecule has 0 aliphatic carbocycles. The summed E-state index contributed by atoms with van der Waals surface area (Å²) >= 11 is 0. The minimum Gasteiger partial charge on any atom is -0.476 e. The minimum absolute atomic E-state index is 0. The number of carboxylic acids is 1. The highest BCUT2D eigenvalue weighted by Gasteiger charge is 2.35. The Bertz CT molecular complexity index is 2820. The maximum Gasteiger partial charge on any atom is 0.410 e. The minimum atomic E-state index is -1.07. The van der Waals surface area contributed by atoms with E-state index in [9.17, 15) is 19.2 Å². The van der Waals surface area contributed by atoms with E-state index >= 15 is 0 Å². The van der Waals surface area contributed by atoms with Crippen molar-refractivity contribution in [1.29, 1.82) is 0 Å². The fraction of sp³-hybridized carbons (Fsp3) is 0.560. The van der Waals surface area contributed by atoms with Crippen LogP contribution in [-0.2, 0) is 35.4 Å². The molecule has 10 rings (SSSR count). The Kier molecular flexibility index (Phi) is 16.5. The number of aromatic nitrogens is 8. The van der Waals surface area contributed by atoms with Crippen LogP contribution in [0, 0.1) is 0 Å². The lowest BCUT2D eigenvalue weighted by Crippen LogP contribution is -2.40. The molecular weight excluding hydrogens is 927 g/mol. The van der Waals surface area contributed by atoms with E-state index in [1.54, 1.807) is 12.5 Å². The molecule has 6 aromatic rings. The van der Waals surface area contributed by atoms with Crippen molar-refractivity contribution in [2.45, 2.75) is 150 Å². The van der Waals surface area contributed by atoms with Crippen LogP contribution in [0.4, 0.5) is 21.2 Å². The molecule has 5 N–H and O–H groups in total. The number of anilines is 2. The van der Waals surface area contributed by atoms with Gasteiger partial charge in [-0.2, -0.15) is 0 Å². The van der Waals surface area contributed by atoms with Gasteiger partial charge in [0.2, 0.25) is 0 Å². The van der Waals surface area contributed by atoms with Crippen LogP contribution in [0.15, 0.2) is 46.2 Å². The second-order valence-corrected chi connectivity index (χ2v) is 20.2. The van der Waals surface area contributed by atoms with Crippen LogP contribution in [0.5, 0.6) is 0 Å². The number of aromatic carboxylic acids is 1. The number of fused-ring (bicyclic) bond motifs is 4. The number of carbonyl (C=O) groups is 4. The van der Waals surface area contributed by atoms with Crippen molar-refractivity contribution in [3.05, 3.63) is 71.2 Å². The summed E-state index contributed by atoms with van der Waals surface area (Å²) < 4.78 is 21.5. The van der Waals surface area contributed by atoms with E-state index < -0.39 is 17.2 Å². The summed E-state index contributed by atoms with van der Waals surface area (Å²) in [6, 6.07) is 4.26. The maximum absolute atomic E-state index is 13.1. The Balaban J connectivity index is 0.000000174. The smallest absolute Gasteiger partial charge is 0.410 e. The van der Waals surface area contributed by atoms with Gasteiger partial charge in [-0.05, 0) is 105 Å². The number of carbonyl (C=O) groups excluding carboxylic acids is 3. The molecule has 22 nitrogen and oxygen atoms in total. The van der Waals surface area contributed by atoms with Crippen LogP contribution >= 0.6 is 0 Å². The van der Waals surface area contributed by atoms with Gasteiger partial charge in [0.1, 0.15) is 58.3 Å². The second kappa shape index (κ2) is 22.5. The molecule has 0 radical (unpaired) electrons. The van der Waals surface area contributed by atoms with E-state index in [1.807, 2.05) is 74.6 Å². The third kappa shape index (κ3) is 12.3. The van der Waals surface area contributed by atoms with Gasteiger partial charge in [-0.3, -0.25) is 4.79 Å². The molecule has 0 bridgehead atoms. The van der Waals surface area contributed by atoms with Crippen molar-refractivity contribution in [1.82, 2.24) is 50.0 Å². The molecule has 0 spiro atoms. The molecule has 2 unspecified atom stereocenters. The molecule has 22 heteroatoms. The number of nitrogens with two attached hydrogens (primary N) is 1. The fourth-order valence-corrected chi connectivity index (χ4v) is 9.59. The molecule has 388 valence electrons. The molecule has 2 fully saturated rings. The first-order valence-electron chi connectivity index (χ1n) is 24.4. The van der Waals surface area contributed by atoms with Crippen molar-refractivity contribution < 1.29 is 42.8 Å². The summed E-state index contributed by atoms with van der Waals surface area (Å²) in [4.78, 5) is 79.8. The van der Waals surface area contributed by atoms with Crippen LogP contribution in [0.3, 0.4) is 0 Å². The largest absolute Gasteiger partial charge is 0.476 e. The number of nitrogens with one attached hydrogen (secondary N) is 2. The summed E-state index contributed by atoms with van der Waals surface area (Å²) in [5.74, 6) is 1.94. The molecule has 4 aliphatic rings. The van der Waals surface area contributed by atoms with Crippen LogP contribution in [0.25, 0.3) is 22.1 Å². The standard InChI is InChI=1S/C25H32N6O4.C13H11N5O3.C11H22N2O2.CH4/c1-25(2,3)34-24(33)31-12-5-7-16(31)6-4-8-19(32)21-18-14-30(13-10-20(18)35-29-21)23-17-9-11-26-22(17)27-15-28-23;19-13(20)10-8-5-18(4-2-9(8)21-17-10)12-7-1-3-14-11(7)15-6-16-12;1-11(2,3)15-10(14)13-8-4-5-9(13)6-7-12;/h9,11,15-16H,4-8,10,12-14H2,1-3H3,(H,26,27,28);1,3,6H,2,4-5H2,(H,19,20)(H,14,15,16);9H,4-8,12H2,1-3H3;1H4. The lowest BCUT2D eigenvalue weighted by Gasteiger charge is -2.28. The summed E-state index contributed by atoms with van der Waals surface area (Å²) in [7, 11) is 0. The van der Waals surface area contributed by atoms with Gasteiger partial charge in [-0.25, -0.2) is 34.3 Å². The Morgan fingerprint density at radius 3 is 1.65 bits per heavy atom. The topological polar surface area (TPSA) is 281 Å². The van der Waals surface area contributed by atoms with Crippen LogP contribution < -0.4 is 15.5 Å². The normalized spacial score (nSPS) is 17.6. The number of ether oxygens (including phenoxy) is 2. The molecule has 6 aromatic heterocycles.